The number of anilines is 1. The number of thiophene rings is 1. The van der Waals surface area contributed by atoms with Gasteiger partial charge in [0.1, 0.15) is 11.5 Å². The molecule has 2 bridgehead atoms. The van der Waals surface area contributed by atoms with Crippen molar-refractivity contribution in [2.24, 2.45) is 23.7 Å². The minimum Gasteiger partial charge on any atom is -0.462 e. The maximum absolute atomic E-state index is 12.7. The van der Waals surface area contributed by atoms with E-state index in [-0.39, 0.29) is 53.8 Å². The summed E-state index contributed by atoms with van der Waals surface area (Å²) < 4.78 is 5.11. The van der Waals surface area contributed by atoms with Crippen molar-refractivity contribution in [1.82, 2.24) is 10.2 Å². The lowest BCUT2D eigenvalue weighted by molar-refractivity contribution is -0.144. The van der Waals surface area contributed by atoms with Crippen LogP contribution in [0.15, 0.2) is 12.2 Å². The average Bonchev–Trinajstić information content (AvgIpc) is 3.43. The van der Waals surface area contributed by atoms with Gasteiger partial charge in [-0.3, -0.25) is 19.3 Å². The van der Waals surface area contributed by atoms with Crippen LogP contribution in [0.3, 0.4) is 0 Å². The largest absolute Gasteiger partial charge is 0.462 e. The van der Waals surface area contributed by atoms with E-state index in [1.165, 1.54) is 11.3 Å². The Morgan fingerprint density at radius 3 is 2.39 bits per heavy atom. The van der Waals surface area contributed by atoms with E-state index in [0.717, 1.165) is 21.8 Å². The van der Waals surface area contributed by atoms with E-state index in [4.69, 9.17) is 17.0 Å². The molecule has 2 N–H and O–H groups in total. The van der Waals surface area contributed by atoms with Gasteiger partial charge in [0.05, 0.1) is 24.0 Å². The standard InChI is InChI=1S/C21H23N3O5S2/c1-4-29-20(28)14-9(2)10(3)31-17(14)23-21(30)22-13(25)8-24-18(26)15-11-5-6-12(7-11)16(15)19(24)27/h5-6,11-12,15-16H,4,7-8H2,1-3H3,(H2,22,23,25,30)/t11-,12-,15-,16+/m1/s1. The fourth-order valence-electron chi connectivity index (χ4n) is 4.73. The number of carbonyl (C=O) groups excluding carboxylic acids is 4. The molecule has 2 aliphatic carbocycles. The van der Waals surface area contributed by atoms with Crippen LogP contribution in [0.2, 0.25) is 0 Å². The molecule has 3 aliphatic rings. The Balaban J connectivity index is 1.39. The maximum atomic E-state index is 12.7. The topological polar surface area (TPSA) is 105 Å². The molecule has 2 heterocycles. The summed E-state index contributed by atoms with van der Waals surface area (Å²) in [5.41, 5.74) is 1.16. The number of rotatable bonds is 5. The zero-order chi connectivity index (χ0) is 22.4. The molecule has 0 radical (unpaired) electrons. The molecule has 1 saturated carbocycles. The van der Waals surface area contributed by atoms with Crippen molar-refractivity contribution < 1.29 is 23.9 Å². The van der Waals surface area contributed by atoms with Crippen molar-refractivity contribution in [3.63, 3.8) is 0 Å². The average molecular weight is 462 g/mol. The normalized spacial score (nSPS) is 25.7. The Kier molecular flexibility index (Phi) is 5.69. The first kappa shape index (κ1) is 21.6. The number of allylic oxidation sites excluding steroid dienone is 2. The van der Waals surface area contributed by atoms with Crippen LogP contribution in [-0.4, -0.2) is 46.9 Å². The summed E-state index contributed by atoms with van der Waals surface area (Å²) in [6.45, 7) is 5.28. The van der Waals surface area contributed by atoms with Crippen molar-refractivity contribution >= 4 is 57.4 Å². The van der Waals surface area contributed by atoms with Gasteiger partial charge in [-0.25, -0.2) is 4.79 Å². The van der Waals surface area contributed by atoms with Gasteiger partial charge < -0.3 is 15.4 Å². The summed E-state index contributed by atoms with van der Waals surface area (Å²) in [5.74, 6) is -2.10. The molecule has 31 heavy (non-hydrogen) atoms. The number of thiocarbonyl (C=S) groups is 1. The predicted octanol–water partition coefficient (Wildman–Crippen LogP) is 2.16. The van der Waals surface area contributed by atoms with E-state index >= 15 is 0 Å². The summed E-state index contributed by atoms with van der Waals surface area (Å²) in [7, 11) is 0. The smallest absolute Gasteiger partial charge is 0.341 e. The molecule has 0 spiro atoms. The minimum absolute atomic E-state index is 0.0159. The van der Waals surface area contributed by atoms with Gasteiger partial charge in [-0.1, -0.05) is 12.2 Å². The van der Waals surface area contributed by atoms with Crippen LogP contribution < -0.4 is 10.6 Å². The van der Waals surface area contributed by atoms with Crippen LogP contribution in [0, 0.1) is 37.5 Å². The predicted molar refractivity (Wildman–Crippen MR) is 119 cm³/mol. The number of nitrogens with zero attached hydrogens (tertiary/aromatic N) is 1. The van der Waals surface area contributed by atoms with Gasteiger partial charge >= 0.3 is 5.97 Å². The van der Waals surface area contributed by atoms with Crippen LogP contribution in [-0.2, 0) is 19.1 Å². The number of aryl methyl sites for hydroxylation is 1. The Labute approximate surface area is 189 Å². The van der Waals surface area contributed by atoms with E-state index in [2.05, 4.69) is 10.6 Å². The first-order valence-electron chi connectivity index (χ1n) is 10.1. The number of hydrogen-bond donors (Lipinski definition) is 2. The highest BCUT2D eigenvalue weighted by molar-refractivity contribution is 7.80. The number of nitrogens with one attached hydrogen (secondary N) is 2. The molecule has 0 unspecified atom stereocenters. The zero-order valence-corrected chi connectivity index (χ0v) is 19.0. The second-order valence-corrected chi connectivity index (χ2v) is 9.61. The fraction of sp³-hybridized carbons (Fsp3) is 0.476. The minimum atomic E-state index is -0.567. The third-order valence-corrected chi connectivity index (χ3v) is 7.54. The highest BCUT2D eigenvalue weighted by Gasteiger charge is 2.59. The van der Waals surface area contributed by atoms with Crippen molar-refractivity contribution in [1.29, 1.82) is 0 Å². The number of hydrogen-bond acceptors (Lipinski definition) is 7. The Bertz CT molecular complexity index is 1000. The zero-order valence-electron chi connectivity index (χ0n) is 17.4. The highest BCUT2D eigenvalue weighted by Crippen LogP contribution is 2.52. The van der Waals surface area contributed by atoms with Crippen LogP contribution in [0.25, 0.3) is 0 Å². The van der Waals surface area contributed by atoms with Crippen molar-refractivity contribution in [2.75, 3.05) is 18.5 Å². The molecule has 1 aromatic heterocycles. The number of likely N-dealkylation sites (tertiary alicyclic amines) is 1. The molecule has 4 rings (SSSR count). The molecular formula is C21H23N3O5S2. The van der Waals surface area contributed by atoms with Crippen LogP contribution in [0.1, 0.15) is 34.1 Å². The van der Waals surface area contributed by atoms with E-state index < -0.39 is 11.9 Å². The molecule has 1 saturated heterocycles. The highest BCUT2D eigenvalue weighted by atomic mass is 32.1. The first-order chi connectivity index (χ1) is 14.7. The molecule has 8 nitrogen and oxygen atoms in total. The number of amides is 3. The Morgan fingerprint density at radius 2 is 1.81 bits per heavy atom. The first-order valence-corrected chi connectivity index (χ1v) is 11.4. The molecule has 1 aromatic rings. The van der Waals surface area contributed by atoms with Crippen molar-refractivity contribution in [3.05, 3.63) is 28.2 Å². The Morgan fingerprint density at radius 1 is 1.19 bits per heavy atom. The molecule has 10 heteroatoms. The van der Waals surface area contributed by atoms with E-state index in [9.17, 15) is 19.2 Å². The van der Waals surface area contributed by atoms with Crippen molar-refractivity contribution in [2.45, 2.75) is 27.2 Å². The third-order valence-electron chi connectivity index (χ3n) is 6.21. The SMILES string of the molecule is CCOC(=O)c1c(NC(=S)NC(=O)CN2C(=O)[C@@H]3[C@H](C2=O)[C@@H]2C=C[C@@H]3C2)sc(C)c1C. The number of ether oxygens (including phenoxy) is 1. The van der Waals surface area contributed by atoms with E-state index in [1.54, 1.807) is 6.92 Å². The molecule has 4 atom stereocenters. The van der Waals surface area contributed by atoms with Gasteiger partial charge in [-0.15, -0.1) is 11.3 Å². The molecule has 2 fully saturated rings. The molecule has 0 aromatic carbocycles. The summed E-state index contributed by atoms with van der Waals surface area (Å²) in [6.07, 6.45) is 4.85. The monoisotopic (exact) mass is 461 g/mol. The van der Waals surface area contributed by atoms with Gasteiger partial charge in [0.15, 0.2) is 5.11 Å². The lowest BCUT2D eigenvalue weighted by Crippen LogP contribution is -2.44. The third kappa shape index (κ3) is 3.67. The number of imide groups is 1. The van der Waals surface area contributed by atoms with Gasteiger partial charge in [-0.05, 0) is 56.8 Å². The second-order valence-electron chi connectivity index (χ2n) is 7.97. The van der Waals surface area contributed by atoms with Gasteiger partial charge in [0.2, 0.25) is 17.7 Å². The van der Waals surface area contributed by atoms with Gasteiger partial charge in [0, 0.05) is 4.88 Å². The lowest BCUT2D eigenvalue weighted by atomic mass is 9.85. The summed E-state index contributed by atoms with van der Waals surface area (Å²) in [5, 5.41) is 5.83. The maximum Gasteiger partial charge on any atom is 0.341 e. The van der Waals surface area contributed by atoms with Crippen molar-refractivity contribution in [3.8, 4) is 0 Å². The van der Waals surface area contributed by atoms with Crippen LogP contribution >= 0.6 is 23.6 Å². The van der Waals surface area contributed by atoms with E-state index in [0.29, 0.717) is 10.6 Å². The summed E-state index contributed by atoms with van der Waals surface area (Å²) in [6, 6.07) is 0. The quantitative estimate of drug-likeness (QED) is 0.300. The van der Waals surface area contributed by atoms with Crippen LogP contribution in [0.5, 0.6) is 0 Å². The van der Waals surface area contributed by atoms with Crippen LogP contribution in [0.4, 0.5) is 5.00 Å². The Hall–Kier alpha value is -2.59. The molecule has 1 aliphatic heterocycles. The number of fused-ring (bicyclic) bond motifs is 5. The fourth-order valence-corrected chi connectivity index (χ4v) is 6.06. The second kappa shape index (κ2) is 8.16. The molecule has 3 amide bonds. The lowest BCUT2D eigenvalue weighted by Gasteiger charge is -2.17. The van der Waals surface area contributed by atoms with Gasteiger partial charge in [-0.2, -0.15) is 0 Å². The van der Waals surface area contributed by atoms with E-state index in [1.807, 2.05) is 26.0 Å². The molecule has 164 valence electrons. The number of esters is 1. The summed E-state index contributed by atoms with van der Waals surface area (Å²) >= 11 is 6.54. The molecular weight excluding hydrogens is 438 g/mol. The van der Waals surface area contributed by atoms with Gasteiger partial charge in [0.25, 0.3) is 0 Å². The summed E-state index contributed by atoms with van der Waals surface area (Å²) in [4.78, 5) is 52.2. The number of carbonyl (C=O) groups is 4.